The average molecular weight is 511 g/mol. The zero-order valence-corrected chi connectivity index (χ0v) is 20.7. The molecule has 5 aromatic rings. The Hall–Kier alpha value is -4.42. The molecular formula is C30H23ClN2O4. The smallest absolute Gasteiger partial charge is 0.337 e. The predicted molar refractivity (Wildman–Crippen MR) is 143 cm³/mol. The Morgan fingerprint density at radius 3 is 2.57 bits per heavy atom. The standard InChI is InChI=1S/C30H23ClN2O4/c1-18-11-24(31)8-9-25(18)29(20-5-3-2-4-6-20)33-28(34)13-19-7-10-26-21(12-19)15-27(37-26)22-14-23(30(35)36)17-32-16-22/h2-12,14-17,29H,13H2,1H3,(H,33,34)(H,35,36). The fourth-order valence-electron chi connectivity index (χ4n) is 4.38. The van der Waals surface area contributed by atoms with Gasteiger partial charge in [0.25, 0.3) is 0 Å². The van der Waals surface area contributed by atoms with E-state index in [-0.39, 0.29) is 23.9 Å². The first kappa shape index (κ1) is 24.3. The summed E-state index contributed by atoms with van der Waals surface area (Å²) in [4.78, 5) is 28.5. The molecule has 0 aliphatic rings. The lowest BCUT2D eigenvalue weighted by Crippen LogP contribution is -2.31. The third kappa shape index (κ3) is 5.39. The SMILES string of the molecule is Cc1cc(Cl)ccc1C(NC(=O)Cc1ccc2oc(-c3cncc(C(=O)O)c3)cc2c1)c1ccccc1. The summed E-state index contributed by atoms with van der Waals surface area (Å²) in [5, 5.41) is 13.9. The van der Waals surface area contributed by atoms with Crippen LogP contribution in [0, 0.1) is 6.92 Å². The molecule has 0 aliphatic carbocycles. The summed E-state index contributed by atoms with van der Waals surface area (Å²) in [5.41, 5.74) is 5.08. The van der Waals surface area contributed by atoms with E-state index < -0.39 is 5.97 Å². The number of amides is 1. The van der Waals surface area contributed by atoms with Gasteiger partial charge in [-0.2, -0.15) is 0 Å². The molecule has 1 unspecified atom stereocenters. The number of furan rings is 1. The first-order valence-electron chi connectivity index (χ1n) is 11.7. The van der Waals surface area contributed by atoms with Crippen molar-refractivity contribution in [1.82, 2.24) is 10.3 Å². The number of benzene rings is 3. The quantitative estimate of drug-likeness (QED) is 0.257. The van der Waals surface area contributed by atoms with Gasteiger partial charge in [0.05, 0.1) is 18.0 Å². The number of pyridine rings is 1. The summed E-state index contributed by atoms with van der Waals surface area (Å²) < 4.78 is 5.91. The number of aromatic nitrogens is 1. The Labute approximate surface area is 218 Å². The molecule has 1 amide bonds. The van der Waals surface area contributed by atoms with E-state index >= 15 is 0 Å². The Kier molecular flexibility index (Phi) is 6.75. The van der Waals surface area contributed by atoms with E-state index in [1.807, 2.05) is 79.7 Å². The van der Waals surface area contributed by atoms with Crippen molar-refractivity contribution in [3.63, 3.8) is 0 Å². The maximum absolute atomic E-state index is 13.2. The van der Waals surface area contributed by atoms with Crippen molar-refractivity contribution >= 4 is 34.4 Å². The Morgan fingerprint density at radius 2 is 1.81 bits per heavy atom. The monoisotopic (exact) mass is 510 g/mol. The molecule has 2 N–H and O–H groups in total. The molecule has 2 heterocycles. The average Bonchev–Trinajstić information content (AvgIpc) is 3.32. The van der Waals surface area contributed by atoms with Crippen LogP contribution in [0.5, 0.6) is 0 Å². The molecule has 0 spiro atoms. The number of nitrogens with one attached hydrogen (secondary N) is 1. The summed E-state index contributed by atoms with van der Waals surface area (Å²) in [7, 11) is 0. The van der Waals surface area contributed by atoms with Gasteiger partial charge >= 0.3 is 5.97 Å². The fraction of sp³-hybridized carbons (Fsp3) is 0.100. The normalized spacial score (nSPS) is 11.8. The number of aryl methyl sites for hydroxylation is 1. The minimum atomic E-state index is -1.05. The van der Waals surface area contributed by atoms with Gasteiger partial charge in [-0.05, 0) is 65.6 Å². The number of carboxylic acids is 1. The summed E-state index contributed by atoms with van der Waals surface area (Å²) in [6.07, 6.45) is 3.03. The van der Waals surface area contributed by atoms with Gasteiger partial charge in [0.2, 0.25) is 5.91 Å². The maximum atomic E-state index is 13.2. The van der Waals surface area contributed by atoms with E-state index in [0.717, 1.165) is 27.6 Å². The van der Waals surface area contributed by atoms with E-state index in [4.69, 9.17) is 16.0 Å². The van der Waals surface area contributed by atoms with Gasteiger partial charge in [-0.15, -0.1) is 0 Å². The second-order valence-corrected chi connectivity index (χ2v) is 9.28. The predicted octanol–water partition coefficient (Wildman–Crippen LogP) is 6.60. The van der Waals surface area contributed by atoms with Crippen molar-refractivity contribution < 1.29 is 19.1 Å². The van der Waals surface area contributed by atoms with E-state index in [1.54, 1.807) is 6.20 Å². The molecule has 2 aromatic heterocycles. The molecule has 0 aliphatic heterocycles. The minimum absolute atomic E-state index is 0.0826. The molecule has 0 fully saturated rings. The van der Waals surface area contributed by atoms with Gasteiger partial charge in [-0.3, -0.25) is 9.78 Å². The van der Waals surface area contributed by atoms with Gasteiger partial charge in [0.15, 0.2) is 0 Å². The highest BCUT2D eigenvalue weighted by Crippen LogP contribution is 2.30. The second kappa shape index (κ2) is 10.3. The summed E-state index contributed by atoms with van der Waals surface area (Å²) in [5.74, 6) is -0.666. The van der Waals surface area contributed by atoms with Crippen LogP contribution in [0.3, 0.4) is 0 Å². The van der Waals surface area contributed by atoms with Gasteiger partial charge in [0.1, 0.15) is 11.3 Å². The number of nitrogens with zero attached hydrogens (tertiary/aromatic N) is 1. The van der Waals surface area contributed by atoms with E-state index in [1.165, 1.54) is 12.3 Å². The van der Waals surface area contributed by atoms with Crippen LogP contribution in [-0.2, 0) is 11.2 Å². The lowest BCUT2D eigenvalue weighted by atomic mass is 9.94. The number of aromatic carboxylic acids is 1. The molecule has 5 rings (SSSR count). The topological polar surface area (TPSA) is 92.4 Å². The fourth-order valence-corrected chi connectivity index (χ4v) is 4.61. The molecule has 3 aromatic carbocycles. The van der Waals surface area contributed by atoms with Crippen LogP contribution >= 0.6 is 11.6 Å². The molecule has 0 bridgehead atoms. The van der Waals surface area contributed by atoms with Gasteiger partial charge in [0, 0.05) is 28.4 Å². The highest BCUT2D eigenvalue weighted by molar-refractivity contribution is 6.30. The van der Waals surface area contributed by atoms with Crippen molar-refractivity contribution in [3.8, 4) is 11.3 Å². The lowest BCUT2D eigenvalue weighted by molar-refractivity contribution is -0.120. The van der Waals surface area contributed by atoms with Crippen molar-refractivity contribution in [3.05, 3.63) is 124 Å². The zero-order valence-electron chi connectivity index (χ0n) is 19.9. The van der Waals surface area contributed by atoms with Crippen LogP contribution in [0.4, 0.5) is 0 Å². The third-order valence-electron chi connectivity index (χ3n) is 6.20. The number of carboxylic acid groups (broad SMARTS) is 1. The van der Waals surface area contributed by atoms with Crippen LogP contribution in [0.2, 0.25) is 5.02 Å². The number of carbonyl (C=O) groups excluding carboxylic acids is 1. The Bertz CT molecular complexity index is 1610. The van der Waals surface area contributed by atoms with Gasteiger partial charge in [-0.25, -0.2) is 4.79 Å². The van der Waals surface area contributed by atoms with Crippen molar-refractivity contribution in [2.75, 3.05) is 0 Å². The Morgan fingerprint density at radius 1 is 1.00 bits per heavy atom. The van der Waals surface area contributed by atoms with Crippen LogP contribution in [0.1, 0.15) is 38.7 Å². The van der Waals surface area contributed by atoms with Crippen LogP contribution in [0.15, 0.2) is 95.7 Å². The highest BCUT2D eigenvalue weighted by Gasteiger charge is 2.19. The molecule has 0 saturated carbocycles. The summed E-state index contributed by atoms with van der Waals surface area (Å²) in [6.45, 7) is 1.98. The largest absolute Gasteiger partial charge is 0.478 e. The molecule has 184 valence electrons. The summed E-state index contributed by atoms with van der Waals surface area (Å²) >= 11 is 6.17. The van der Waals surface area contributed by atoms with E-state index in [9.17, 15) is 14.7 Å². The van der Waals surface area contributed by atoms with Crippen molar-refractivity contribution in [1.29, 1.82) is 0 Å². The van der Waals surface area contributed by atoms with E-state index in [0.29, 0.717) is 21.9 Å². The van der Waals surface area contributed by atoms with Gasteiger partial charge < -0.3 is 14.8 Å². The number of fused-ring (bicyclic) bond motifs is 1. The first-order chi connectivity index (χ1) is 17.9. The van der Waals surface area contributed by atoms with Crippen LogP contribution in [0.25, 0.3) is 22.3 Å². The van der Waals surface area contributed by atoms with Gasteiger partial charge in [-0.1, -0.05) is 54.1 Å². The maximum Gasteiger partial charge on any atom is 0.337 e. The molecule has 37 heavy (non-hydrogen) atoms. The number of hydrogen-bond donors (Lipinski definition) is 2. The number of rotatable bonds is 7. The third-order valence-corrected chi connectivity index (χ3v) is 6.43. The van der Waals surface area contributed by atoms with Crippen molar-refractivity contribution in [2.45, 2.75) is 19.4 Å². The molecule has 6 nitrogen and oxygen atoms in total. The molecular weight excluding hydrogens is 488 g/mol. The zero-order chi connectivity index (χ0) is 25.9. The molecule has 7 heteroatoms. The Balaban J connectivity index is 1.38. The number of carbonyl (C=O) groups is 2. The molecule has 0 radical (unpaired) electrons. The second-order valence-electron chi connectivity index (χ2n) is 8.84. The number of halogens is 1. The highest BCUT2D eigenvalue weighted by atomic mass is 35.5. The lowest BCUT2D eigenvalue weighted by Gasteiger charge is -2.22. The van der Waals surface area contributed by atoms with E-state index in [2.05, 4.69) is 10.3 Å². The van der Waals surface area contributed by atoms with Crippen molar-refractivity contribution in [2.24, 2.45) is 0 Å². The van der Waals surface area contributed by atoms with Crippen LogP contribution in [-0.4, -0.2) is 22.0 Å². The number of hydrogen-bond acceptors (Lipinski definition) is 4. The molecule has 1 atom stereocenters. The molecule has 0 saturated heterocycles. The first-order valence-corrected chi connectivity index (χ1v) is 12.1. The minimum Gasteiger partial charge on any atom is -0.478 e. The van der Waals surface area contributed by atoms with Crippen LogP contribution < -0.4 is 5.32 Å². The summed E-state index contributed by atoms with van der Waals surface area (Å²) in [6, 6.07) is 24.1.